The van der Waals surface area contributed by atoms with E-state index in [1.165, 1.54) is 0 Å². The van der Waals surface area contributed by atoms with Crippen molar-refractivity contribution in [2.45, 2.75) is 12.0 Å². The Bertz CT molecular complexity index is 1120. The third-order valence-electron chi connectivity index (χ3n) is 5.86. The predicted molar refractivity (Wildman–Crippen MR) is 112 cm³/mol. The maximum atomic E-state index is 12.7. The van der Waals surface area contributed by atoms with Gasteiger partial charge in [-0.1, -0.05) is 30.3 Å². The second-order valence-corrected chi connectivity index (χ2v) is 7.86. The van der Waals surface area contributed by atoms with Gasteiger partial charge in [0.1, 0.15) is 11.5 Å². The molecule has 1 aromatic heterocycles. The molecule has 0 bridgehead atoms. The number of ether oxygens (including phenoxy) is 1. The van der Waals surface area contributed by atoms with Crippen LogP contribution in [0.25, 0.3) is 11.1 Å². The van der Waals surface area contributed by atoms with Gasteiger partial charge in [0.15, 0.2) is 6.19 Å². The molecule has 6 heteroatoms. The number of carbonyl (C=O) groups excluding carboxylic acids is 1. The number of amides is 1. The van der Waals surface area contributed by atoms with E-state index in [-0.39, 0.29) is 11.4 Å². The minimum absolute atomic E-state index is 0.101. The van der Waals surface area contributed by atoms with Crippen LogP contribution in [-0.2, 0) is 0 Å². The highest BCUT2D eigenvalue weighted by molar-refractivity contribution is 5.95. The van der Waals surface area contributed by atoms with Crippen LogP contribution in [0.5, 0.6) is 11.5 Å². The number of benzene rings is 2. The van der Waals surface area contributed by atoms with Gasteiger partial charge in [-0.3, -0.25) is 9.78 Å². The SMILES string of the molecule is N#CN1CC2C[C@]2(NC(=O)c2ccc(-c3cnccc3Oc3ccccc3)cc2)C1. The van der Waals surface area contributed by atoms with Crippen LogP contribution in [0.1, 0.15) is 16.8 Å². The van der Waals surface area contributed by atoms with Crippen molar-refractivity contribution in [1.82, 2.24) is 15.2 Å². The topological polar surface area (TPSA) is 78.3 Å². The molecule has 2 heterocycles. The van der Waals surface area contributed by atoms with Crippen molar-refractivity contribution >= 4 is 5.91 Å². The predicted octanol–water partition coefficient (Wildman–Crippen LogP) is 3.83. The number of pyridine rings is 1. The van der Waals surface area contributed by atoms with Crippen LogP contribution in [0.15, 0.2) is 73.1 Å². The number of fused-ring (bicyclic) bond motifs is 1. The average molecular weight is 396 g/mol. The molecule has 30 heavy (non-hydrogen) atoms. The van der Waals surface area contributed by atoms with Crippen molar-refractivity contribution in [3.8, 4) is 28.8 Å². The maximum Gasteiger partial charge on any atom is 0.251 e. The summed E-state index contributed by atoms with van der Waals surface area (Å²) in [5, 5.41) is 12.2. The normalized spacial score (nSPS) is 21.4. The number of nitriles is 1. The highest BCUT2D eigenvalue weighted by Gasteiger charge is 2.61. The minimum Gasteiger partial charge on any atom is -0.457 e. The Labute approximate surface area is 174 Å². The van der Waals surface area contributed by atoms with Gasteiger partial charge in [0, 0.05) is 36.0 Å². The van der Waals surface area contributed by atoms with Crippen LogP contribution in [0.2, 0.25) is 0 Å². The van der Waals surface area contributed by atoms with E-state index in [1.54, 1.807) is 17.3 Å². The van der Waals surface area contributed by atoms with Crippen LogP contribution >= 0.6 is 0 Å². The second-order valence-electron chi connectivity index (χ2n) is 7.86. The molecule has 1 unspecified atom stereocenters. The van der Waals surface area contributed by atoms with Gasteiger partial charge in [-0.2, -0.15) is 5.26 Å². The highest BCUT2D eigenvalue weighted by atomic mass is 16.5. The zero-order valence-electron chi connectivity index (χ0n) is 16.3. The number of carbonyl (C=O) groups is 1. The summed E-state index contributed by atoms with van der Waals surface area (Å²) in [6.45, 7) is 1.34. The van der Waals surface area contributed by atoms with E-state index in [2.05, 4.69) is 16.5 Å². The Balaban J connectivity index is 1.32. The van der Waals surface area contributed by atoms with Crippen molar-refractivity contribution in [1.29, 1.82) is 5.26 Å². The number of piperidine rings is 1. The average Bonchev–Trinajstić information content (AvgIpc) is 3.33. The van der Waals surface area contributed by atoms with Crippen molar-refractivity contribution in [3.05, 3.63) is 78.6 Å². The van der Waals surface area contributed by atoms with Gasteiger partial charge in [0.2, 0.25) is 0 Å². The van der Waals surface area contributed by atoms with Gasteiger partial charge >= 0.3 is 0 Å². The lowest BCUT2D eigenvalue weighted by molar-refractivity contribution is 0.0929. The van der Waals surface area contributed by atoms with Crippen molar-refractivity contribution in [2.24, 2.45) is 5.92 Å². The third kappa shape index (κ3) is 3.35. The van der Waals surface area contributed by atoms with Crippen molar-refractivity contribution < 1.29 is 9.53 Å². The van der Waals surface area contributed by atoms with E-state index in [1.807, 2.05) is 60.7 Å². The Hall–Kier alpha value is -3.85. The molecule has 0 radical (unpaired) electrons. The standard InChI is InChI=1S/C24H20N4O2/c25-16-28-14-19-12-24(19,15-28)27-23(29)18-8-6-17(7-9-18)21-13-26-11-10-22(21)30-20-4-2-1-3-5-20/h1-11,13,19H,12,14-15H2,(H,27,29)/t19?,24-/m0/s1. The number of hydrogen-bond acceptors (Lipinski definition) is 5. The molecule has 1 saturated carbocycles. The summed E-state index contributed by atoms with van der Waals surface area (Å²) in [7, 11) is 0. The second kappa shape index (κ2) is 7.20. The fourth-order valence-electron chi connectivity index (χ4n) is 4.16. The number of rotatable bonds is 5. The molecule has 0 spiro atoms. The first-order valence-electron chi connectivity index (χ1n) is 9.91. The summed E-state index contributed by atoms with van der Waals surface area (Å²) in [5.74, 6) is 1.74. The van der Waals surface area contributed by atoms with Crippen LogP contribution in [0.4, 0.5) is 0 Å². The first-order chi connectivity index (χ1) is 14.7. The number of nitrogens with one attached hydrogen (secondary N) is 1. The van der Waals surface area contributed by atoms with Gasteiger partial charge in [0.25, 0.3) is 5.91 Å². The largest absolute Gasteiger partial charge is 0.457 e. The first kappa shape index (κ1) is 18.2. The molecule has 2 aliphatic rings. The molecule has 1 amide bonds. The fourth-order valence-corrected chi connectivity index (χ4v) is 4.16. The minimum atomic E-state index is -0.231. The molecular weight excluding hydrogens is 376 g/mol. The molecule has 2 fully saturated rings. The molecule has 1 N–H and O–H groups in total. The van der Waals surface area contributed by atoms with Gasteiger partial charge < -0.3 is 15.0 Å². The highest BCUT2D eigenvalue weighted by Crippen LogP contribution is 2.49. The Morgan fingerprint density at radius 2 is 1.97 bits per heavy atom. The summed E-state index contributed by atoms with van der Waals surface area (Å²) < 4.78 is 6.02. The zero-order valence-corrected chi connectivity index (χ0v) is 16.3. The lowest BCUT2D eigenvalue weighted by atomic mass is 10.0. The molecule has 6 nitrogen and oxygen atoms in total. The fraction of sp³-hybridized carbons (Fsp3) is 0.208. The van der Waals surface area contributed by atoms with Gasteiger partial charge in [-0.15, -0.1) is 0 Å². The van der Waals surface area contributed by atoms with Crippen LogP contribution in [-0.4, -0.2) is 34.4 Å². The van der Waals surface area contributed by atoms with E-state index in [0.29, 0.717) is 23.8 Å². The molecule has 2 atom stereocenters. The van der Waals surface area contributed by atoms with E-state index in [9.17, 15) is 4.79 Å². The third-order valence-corrected chi connectivity index (χ3v) is 5.86. The van der Waals surface area contributed by atoms with Gasteiger partial charge in [0.05, 0.1) is 12.1 Å². The molecule has 148 valence electrons. The Morgan fingerprint density at radius 1 is 1.17 bits per heavy atom. The van der Waals surface area contributed by atoms with E-state index in [0.717, 1.165) is 29.8 Å². The quantitative estimate of drug-likeness (QED) is 0.663. The van der Waals surface area contributed by atoms with E-state index in [4.69, 9.17) is 10.00 Å². The molecule has 2 aromatic carbocycles. The lowest BCUT2D eigenvalue weighted by Crippen LogP contribution is -2.41. The van der Waals surface area contributed by atoms with Crippen LogP contribution < -0.4 is 10.1 Å². The van der Waals surface area contributed by atoms with E-state index >= 15 is 0 Å². The summed E-state index contributed by atoms with van der Waals surface area (Å²) in [6.07, 6.45) is 6.58. The molecule has 1 aliphatic carbocycles. The molecular formula is C24H20N4O2. The summed E-state index contributed by atoms with van der Waals surface area (Å²) in [5.41, 5.74) is 2.15. The lowest BCUT2D eigenvalue weighted by Gasteiger charge is -2.17. The Morgan fingerprint density at radius 3 is 2.70 bits per heavy atom. The summed E-state index contributed by atoms with van der Waals surface area (Å²) >= 11 is 0. The molecule has 3 aromatic rings. The Kier molecular flexibility index (Phi) is 4.36. The maximum absolute atomic E-state index is 12.7. The van der Waals surface area contributed by atoms with Crippen molar-refractivity contribution in [3.63, 3.8) is 0 Å². The smallest absolute Gasteiger partial charge is 0.251 e. The van der Waals surface area contributed by atoms with Crippen molar-refractivity contribution in [2.75, 3.05) is 13.1 Å². The number of aromatic nitrogens is 1. The van der Waals surface area contributed by atoms with Crippen LogP contribution in [0, 0.1) is 17.4 Å². The summed E-state index contributed by atoms with van der Waals surface area (Å²) in [6, 6.07) is 18.9. The van der Waals surface area contributed by atoms with Crippen LogP contribution in [0.3, 0.4) is 0 Å². The number of nitrogens with zero attached hydrogens (tertiary/aromatic N) is 3. The molecule has 1 aliphatic heterocycles. The van der Waals surface area contributed by atoms with Gasteiger partial charge in [-0.05, 0) is 42.3 Å². The number of likely N-dealkylation sites (tertiary alicyclic amines) is 1. The zero-order chi connectivity index (χ0) is 20.6. The monoisotopic (exact) mass is 396 g/mol. The van der Waals surface area contributed by atoms with E-state index < -0.39 is 0 Å². The number of hydrogen-bond donors (Lipinski definition) is 1. The first-order valence-corrected chi connectivity index (χ1v) is 9.91. The molecule has 1 saturated heterocycles. The molecule has 5 rings (SSSR count). The van der Waals surface area contributed by atoms with Gasteiger partial charge in [-0.25, -0.2) is 0 Å². The summed E-state index contributed by atoms with van der Waals surface area (Å²) in [4.78, 5) is 18.7. The number of para-hydroxylation sites is 1.